The van der Waals surface area contributed by atoms with Gasteiger partial charge in [0, 0.05) is 22.5 Å². The molecule has 1 aromatic heterocycles. The van der Waals surface area contributed by atoms with Crippen molar-refractivity contribution in [3.05, 3.63) is 52.0 Å². The predicted molar refractivity (Wildman–Crippen MR) is 77.2 cm³/mol. The molecule has 2 unspecified atom stereocenters. The number of hydrogen-bond acceptors (Lipinski definition) is 3. The zero-order valence-electron chi connectivity index (χ0n) is 11.3. The highest BCUT2D eigenvalue weighted by Gasteiger charge is 2.18. The van der Waals surface area contributed by atoms with Crippen LogP contribution < -0.4 is 10.1 Å². The number of nitrogens with one attached hydrogen (secondary N) is 1. The fraction of sp³-hybridized carbons (Fsp3) is 0.333. The van der Waals surface area contributed by atoms with Gasteiger partial charge in [-0.2, -0.15) is 0 Å². The van der Waals surface area contributed by atoms with E-state index in [1.807, 2.05) is 18.4 Å². The van der Waals surface area contributed by atoms with Crippen molar-refractivity contribution >= 4 is 11.3 Å². The standard InChI is InChI=1S/C15H18FNOS/c1-10(14-8-5-9-19-14)17-11(2)15-12(16)6-4-7-13(15)18-3/h4-11,17H,1-3H3. The summed E-state index contributed by atoms with van der Waals surface area (Å²) in [4.78, 5) is 1.24. The van der Waals surface area contributed by atoms with Gasteiger partial charge in [0.2, 0.25) is 0 Å². The molecule has 0 aliphatic heterocycles. The van der Waals surface area contributed by atoms with Gasteiger partial charge in [0.05, 0.1) is 7.11 Å². The minimum Gasteiger partial charge on any atom is -0.496 e. The van der Waals surface area contributed by atoms with Crippen LogP contribution in [0.15, 0.2) is 35.7 Å². The van der Waals surface area contributed by atoms with Crippen LogP contribution in [0.4, 0.5) is 4.39 Å². The minimum absolute atomic E-state index is 0.117. The summed E-state index contributed by atoms with van der Waals surface area (Å²) < 4.78 is 19.2. The lowest BCUT2D eigenvalue weighted by Crippen LogP contribution is -2.23. The van der Waals surface area contributed by atoms with Crippen LogP contribution in [0.1, 0.15) is 36.4 Å². The molecule has 0 amide bonds. The largest absolute Gasteiger partial charge is 0.496 e. The number of thiophene rings is 1. The Morgan fingerprint density at radius 2 is 1.95 bits per heavy atom. The highest BCUT2D eigenvalue weighted by Crippen LogP contribution is 2.30. The summed E-state index contributed by atoms with van der Waals surface area (Å²) in [5, 5.41) is 5.45. The van der Waals surface area contributed by atoms with E-state index in [9.17, 15) is 4.39 Å². The summed E-state index contributed by atoms with van der Waals surface area (Å²) in [7, 11) is 1.56. The molecular weight excluding hydrogens is 261 g/mol. The molecular formula is C15H18FNOS. The van der Waals surface area contributed by atoms with Crippen LogP contribution in [-0.4, -0.2) is 7.11 Å². The number of rotatable bonds is 5. The lowest BCUT2D eigenvalue weighted by Gasteiger charge is -2.21. The maximum atomic E-state index is 14.0. The summed E-state index contributed by atoms with van der Waals surface area (Å²) in [6.07, 6.45) is 0. The molecule has 2 atom stereocenters. The molecule has 1 aromatic carbocycles. The van der Waals surface area contributed by atoms with Crippen LogP contribution in [0.2, 0.25) is 0 Å². The Balaban J connectivity index is 2.18. The number of methoxy groups -OCH3 is 1. The second-order valence-corrected chi connectivity index (χ2v) is 5.46. The van der Waals surface area contributed by atoms with E-state index in [0.29, 0.717) is 11.3 Å². The normalized spacial score (nSPS) is 14.1. The highest BCUT2D eigenvalue weighted by atomic mass is 32.1. The molecule has 0 aliphatic carbocycles. The average molecular weight is 279 g/mol. The SMILES string of the molecule is COc1cccc(F)c1C(C)NC(C)c1cccs1. The minimum atomic E-state index is -0.238. The smallest absolute Gasteiger partial charge is 0.131 e. The van der Waals surface area contributed by atoms with E-state index >= 15 is 0 Å². The fourth-order valence-electron chi connectivity index (χ4n) is 2.19. The van der Waals surface area contributed by atoms with E-state index in [2.05, 4.69) is 18.3 Å². The molecule has 1 N–H and O–H groups in total. The van der Waals surface area contributed by atoms with Gasteiger partial charge < -0.3 is 10.1 Å². The van der Waals surface area contributed by atoms with Gasteiger partial charge in [-0.15, -0.1) is 11.3 Å². The first-order valence-corrected chi connectivity index (χ1v) is 7.13. The third-order valence-corrected chi connectivity index (χ3v) is 4.19. The molecule has 0 bridgehead atoms. The van der Waals surface area contributed by atoms with Crippen LogP contribution in [0, 0.1) is 5.82 Å². The summed E-state index contributed by atoms with van der Waals surface area (Å²) in [6.45, 7) is 4.03. The molecule has 2 aromatic rings. The summed E-state index contributed by atoms with van der Waals surface area (Å²) in [5.41, 5.74) is 0.577. The number of hydrogen-bond donors (Lipinski definition) is 1. The van der Waals surface area contributed by atoms with E-state index in [0.717, 1.165) is 0 Å². The van der Waals surface area contributed by atoms with E-state index in [1.165, 1.54) is 10.9 Å². The van der Waals surface area contributed by atoms with Crippen molar-refractivity contribution < 1.29 is 9.13 Å². The van der Waals surface area contributed by atoms with E-state index in [-0.39, 0.29) is 17.9 Å². The first kappa shape index (κ1) is 14.0. The van der Waals surface area contributed by atoms with Crippen LogP contribution in [-0.2, 0) is 0 Å². The molecule has 2 rings (SSSR count). The molecule has 0 saturated carbocycles. The summed E-state index contributed by atoms with van der Waals surface area (Å²) in [5.74, 6) is 0.344. The lowest BCUT2D eigenvalue weighted by atomic mass is 10.1. The molecule has 0 aliphatic rings. The fourth-order valence-corrected chi connectivity index (χ4v) is 2.94. The van der Waals surface area contributed by atoms with Crippen LogP contribution in [0.25, 0.3) is 0 Å². The van der Waals surface area contributed by atoms with Crippen molar-refractivity contribution in [2.24, 2.45) is 0 Å². The Hall–Kier alpha value is -1.39. The van der Waals surface area contributed by atoms with Gasteiger partial charge in [-0.3, -0.25) is 0 Å². The van der Waals surface area contributed by atoms with Gasteiger partial charge in [-0.05, 0) is 37.4 Å². The second-order valence-electron chi connectivity index (χ2n) is 4.48. The van der Waals surface area contributed by atoms with Gasteiger partial charge >= 0.3 is 0 Å². The molecule has 0 spiro atoms. The highest BCUT2D eigenvalue weighted by molar-refractivity contribution is 7.10. The first-order chi connectivity index (χ1) is 9.13. The quantitative estimate of drug-likeness (QED) is 0.880. The Labute approximate surface area is 117 Å². The van der Waals surface area contributed by atoms with Gasteiger partial charge in [0.1, 0.15) is 11.6 Å². The molecule has 0 fully saturated rings. The molecule has 0 saturated heterocycles. The maximum absolute atomic E-state index is 14.0. The second kappa shape index (κ2) is 6.17. The third kappa shape index (κ3) is 3.14. The van der Waals surface area contributed by atoms with Crippen LogP contribution >= 0.6 is 11.3 Å². The van der Waals surface area contributed by atoms with E-state index in [4.69, 9.17) is 4.74 Å². The summed E-state index contributed by atoms with van der Waals surface area (Å²) >= 11 is 1.69. The van der Waals surface area contributed by atoms with Crippen molar-refractivity contribution in [2.45, 2.75) is 25.9 Å². The lowest BCUT2D eigenvalue weighted by molar-refractivity contribution is 0.388. The van der Waals surface area contributed by atoms with Crippen molar-refractivity contribution in [1.29, 1.82) is 0 Å². The molecule has 4 heteroatoms. The van der Waals surface area contributed by atoms with Crippen molar-refractivity contribution in [3.8, 4) is 5.75 Å². The van der Waals surface area contributed by atoms with Crippen LogP contribution in [0.3, 0.4) is 0 Å². The molecule has 1 heterocycles. The molecule has 102 valence electrons. The van der Waals surface area contributed by atoms with Gasteiger partial charge in [-0.1, -0.05) is 12.1 Å². The van der Waals surface area contributed by atoms with Crippen molar-refractivity contribution in [3.63, 3.8) is 0 Å². The Bertz CT molecular complexity index is 527. The molecule has 0 radical (unpaired) electrons. The Morgan fingerprint density at radius 1 is 1.16 bits per heavy atom. The average Bonchev–Trinajstić information content (AvgIpc) is 2.92. The third-order valence-electron chi connectivity index (χ3n) is 3.14. The molecule has 2 nitrogen and oxygen atoms in total. The number of benzene rings is 1. The summed E-state index contributed by atoms with van der Waals surface area (Å²) in [6, 6.07) is 9.07. The van der Waals surface area contributed by atoms with E-state index < -0.39 is 0 Å². The van der Waals surface area contributed by atoms with E-state index in [1.54, 1.807) is 30.6 Å². The topological polar surface area (TPSA) is 21.3 Å². The molecule has 19 heavy (non-hydrogen) atoms. The van der Waals surface area contributed by atoms with Crippen LogP contribution in [0.5, 0.6) is 5.75 Å². The zero-order chi connectivity index (χ0) is 13.8. The first-order valence-electron chi connectivity index (χ1n) is 6.25. The van der Waals surface area contributed by atoms with Crippen molar-refractivity contribution in [2.75, 3.05) is 7.11 Å². The maximum Gasteiger partial charge on any atom is 0.131 e. The monoisotopic (exact) mass is 279 g/mol. The predicted octanol–water partition coefficient (Wildman–Crippen LogP) is 4.31. The Kier molecular flexibility index (Phi) is 4.56. The Morgan fingerprint density at radius 3 is 2.58 bits per heavy atom. The zero-order valence-corrected chi connectivity index (χ0v) is 12.1. The van der Waals surface area contributed by atoms with Crippen molar-refractivity contribution in [1.82, 2.24) is 5.32 Å². The van der Waals surface area contributed by atoms with Gasteiger partial charge in [-0.25, -0.2) is 4.39 Å². The number of ether oxygens (including phenoxy) is 1. The number of halogens is 1. The van der Waals surface area contributed by atoms with Gasteiger partial charge in [0.25, 0.3) is 0 Å². The van der Waals surface area contributed by atoms with Gasteiger partial charge in [0.15, 0.2) is 0 Å².